The van der Waals surface area contributed by atoms with E-state index in [4.69, 9.17) is 10.00 Å². The summed E-state index contributed by atoms with van der Waals surface area (Å²) in [6.07, 6.45) is 0.964. The SMILES string of the molecule is CCOC(=O)/C(C#N)=C(/C)c1ccc(CC)cc1. The van der Waals surface area contributed by atoms with Crippen LogP contribution in [0.2, 0.25) is 0 Å². The predicted molar refractivity (Wildman–Crippen MR) is 70.7 cm³/mol. The molecule has 1 rings (SSSR count). The van der Waals surface area contributed by atoms with Crippen molar-refractivity contribution >= 4 is 11.5 Å². The third kappa shape index (κ3) is 3.21. The molecule has 1 aromatic carbocycles. The Labute approximate surface area is 108 Å². The number of ether oxygens (including phenoxy) is 1. The fourth-order valence-corrected chi connectivity index (χ4v) is 1.62. The molecule has 0 heterocycles. The Bertz CT molecular complexity index is 492. The summed E-state index contributed by atoms with van der Waals surface area (Å²) in [5.74, 6) is -0.558. The molecule has 0 aliphatic heterocycles. The van der Waals surface area contributed by atoms with E-state index in [2.05, 4.69) is 6.92 Å². The molecule has 18 heavy (non-hydrogen) atoms. The van der Waals surface area contributed by atoms with Crippen molar-refractivity contribution in [3.8, 4) is 6.07 Å². The molecule has 0 spiro atoms. The van der Waals surface area contributed by atoms with Crippen molar-refractivity contribution in [1.82, 2.24) is 0 Å². The highest BCUT2D eigenvalue weighted by Crippen LogP contribution is 2.19. The van der Waals surface area contributed by atoms with E-state index >= 15 is 0 Å². The number of hydrogen-bond acceptors (Lipinski definition) is 3. The highest BCUT2D eigenvalue weighted by atomic mass is 16.5. The van der Waals surface area contributed by atoms with Crippen LogP contribution in [0.4, 0.5) is 0 Å². The monoisotopic (exact) mass is 243 g/mol. The van der Waals surface area contributed by atoms with Crippen LogP contribution in [-0.2, 0) is 16.0 Å². The van der Waals surface area contributed by atoms with Gasteiger partial charge in [0.05, 0.1) is 6.61 Å². The summed E-state index contributed by atoms with van der Waals surface area (Å²) >= 11 is 0. The molecule has 0 unspecified atom stereocenters. The summed E-state index contributed by atoms with van der Waals surface area (Å²) in [6.45, 7) is 5.83. The minimum Gasteiger partial charge on any atom is -0.462 e. The maximum absolute atomic E-state index is 11.6. The van der Waals surface area contributed by atoms with Gasteiger partial charge in [0.1, 0.15) is 11.6 Å². The number of allylic oxidation sites excluding steroid dienone is 1. The molecule has 0 saturated carbocycles. The number of nitriles is 1. The van der Waals surface area contributed by atoms with Gasteiger partial charge in [0.25, 0.3) is 0 Å². The lowest BCUT2D eigenvalue weighted by molar-refractivity contribution is -0.137. The molecular weight excluding hydrogens is 226 g/mol. The van der Waals surface area contributed by atoms with Crippen molar-refractivity contribution in [3.05, 3.63) is 41.0 Å². The molecule has 0 atom stereocenters. The zero-order valence-corrected chi connectivity index (χ0v) is 11.0. The summed E-state index contributed by atoms with van der Waals surface area (Å²) in [4.78, 5) is 11.6. The Morgan fingerprint density at radius 2 is 1.89 bits per heavy atom. The van der Waals surface area contributed by atoms with E-state index in [1.165, 1.54) is 5.56 Å². The molecule has 0 radical (unpaired) electrons. The average molecular weight is 243 g/mol. The standard InChI is InChI=1S/C15H17NO2/c1-4-12-6-8-13(9-7-12)11(3)14(10-16)15(17)18-5-2/h6-9H,4-5H2,1-3H3/b14-11-. The fraction of sp³-hybridized carbons (Fsp3) is 0.333. The molecule has 0 bridgehead atoms. The first-order valence-electron chi connectivity index (χ1n) is 6.01. The van der Waals surface area contributed by atoms with E-state index in [-0.39, 0.29) is 12.2 Å². The van der Waals surface area contributed by atoms with Crippen LogP contribution in [0.25, 0.3) is 5.57 Å². The van der Waals surface area contributed by atoms with Crippen LogP contribution in [0, 0.1) is 11.3 Å². The highest BCUT2D eigenvalue weighted by Gasteiger charge is 2.14. The smallest absolute Gasteiger partial charge is 0.349 e. The molecule has 0 N–H and O–H groups in total. The van der Waals surface area contributed by atoms with Gasteiger partial charge in [-0.15, -0.1) is 0 Å². The molecule has 0 amide bonds. The van der Waals surface area contributed by atoms with E-state index in [9.17, 15) is 4.79 Å². The minimum atomic E-state index is -0.558. The minimum absolute atomic E-state index is 0.0705. The third-order valence-corrected chi connectivity index (χ3v) is 2.76. The molecule has 3 heteroatoms. The number of rotatable bonds is 4. The molecule has 94 valence electrons. The first-order valence-corrected chi connectivity index (χ1v) is 6.01. The lowest BCUT2D eigenvalue weighted by atomic mass is 10.0. The summed E-state index contributed by atoms with van der Waals surface area (Å²) in [6, 6.07) is 9.76. The van der Waals surface area contributed by atoms with E-state index in [1.807, 2.05) is 30.3 Å². The van der Waals surface area contributed by atoms with Crippen LogP contribution in [0.1, 0.15) is 31.9 Å². The van der Waals surface area contributed by atoms with Crippen LogP contribution < -0.4 is 0 Å². The largest absolute Gasteiger partial charge is 0.462 e. The number of nitrogens with zero attached hydrogens (tertiary/aromatic N) is 1. The molecular formula is C15H17NO2. The second-order valence-electron chi connectivity index (χ2n) is 3.88. The van der Waals surface area contributed by atoms with E-state index in [0.29, 0.717) is 5.57 Å². The van der Waals surface area contributed by atoms with Crippen LogP contribution >= 0.6 is 0 Å². The Balaban J connectivity index is 3.11. The predicted octanol–water partition coefficient (Wildman–Crippen LogP) is 3.11. The Hall–Kier alpha value is -2.08. The number of hydrogen-bond donors (Lipinski definition) is 0. The summed E-state index contributed by atoms with van der Waals surface area (Å²) in [7, 11) is 0. The molecule has 0 aromatic heterocycles. The molecule has 3 nitrogen and oxygen atoms in total. The number of carbonyl (C=O) groups excluding carboxylic acids is 1. The van der Waals surface area contributed by atoms with Crippen LogP contribution in [0.15, 0.2) is 29.8 Å². The molecule has 0 aliphatic rings. The van der Waals surface area contributed by atoms with Gasteiger partial charge < -0.3 is 4.74 Å². The zero-order chi connectivity index (χ0) is 13.5. The summed E-state index contributed by atoms with van der Waals surface area (Å²) in [5.41, 5.74) is 2.82. The first-order chi connectivity index (χ1) is 8.63. The van der Waals surface area contributed by atoms with Crippen molar-refractivity contribution in [3.63, 3.8) is 0 Å². The zero-order valence-electron chi connectivity index (χ0n) is 11.0. The average Bonchev–Trinajstić information content (AvgIpc) is 2.40. The lowest BCUT2D eigenvalue weighted by Gasteiger charge is -2.06. The molecule has 0 aliphatic carbocycles. The van der Waals surface area contributed by atoms with E-state index < -0.39 is 5.97 Å². The Morgan fingerprint density at radius 3 is 2.33 bits per heavy atom. The second-order valence-corrected chi connectivity index (χ2v) is 3.88. The van der Waals surface area contributed by atoms with Crippen LogP contribution in [0.5, 0.6) is 0 Å². The quantitative estimate of drug-likeness (QED) is 0.464. The van der Waals surface area contributed by atoms with Gasteiger partial charge >= 0.3 is 5.97 Å². The third-order valence-electron chi connectivity index (χ3n) is 2.76. The highest BCUT2D eigenvalue weighted by molar-refractivity contribution is 6.01. The van der Waals surface area contributed by atoms with E-state index in [1.54, 1.807) is 13.8 Å². The summed E-state index contributed by atoms with van der Waals surface area (Å²) < 4.78 is 4.86. The maximum Gasteiger partial charge on any atom is 0.349 e. The Kier molecular flexibility index (Phi) is 5.13. The number of benzene rings is 1. The van der Waals surface area contributed by atoms with Gasteiger partial charge in [0, 0.05) is 0 Å². The maximum atomic E-state index is 11.6. The van der Waals surface area contributed by atoms with Crippen molar-refractivity contribution in [2.45, 2.75) is 27.2 Å². The fourth-order valence-electron chi connectivity index (χ4n) is 1.62. The molecule has 1 aromatic rings. The van der Waals surface area contributed by atoms with Gasteiger partial charge in [-0.3, -0.25) is 0 Å². The van der Waals surface area contributed by atoms with Crippen molar-refractivity contribution in [2.24, 2.45) is 0 Å². The Morgan fingerprint density at radius 1 is 1.28 bits per heavy atom. The van der Waals surface area contributed by atoms with Crippen molar-refractivity contribution in [2.75, 3.05) is 6.61 Å². The molecule has 0 saturated heterocycles. The van der Waals surface area contributed by atoms with Gasteiger partial charge in [0.15, 0.2) is 0 Å². The number of aryl methyl sites for hydroxylation is 1. The van der Waals surface area contributed by atoms with Gasteiger partial charge in [-0.1, -0.05) is 31.2 Å². The van der Waals surface area contributed by atoms with Gasteiger partial charge in [0.2, 0.25) is 0 Å². The van der Waals surface area contributed by atoms with Gasteiger partial charge in [-0.25, -0.2) is 4.79 Å². The van der Waals surface area contributed by atoms with Gasteiger partial charge in [-0.05, 0) is 37.0 Å². The van der Waals surface area contributed by atoms with Crippen molar-refractivity contribution < 1.29 is 9.53 Å². The first kappa shape index (κ1) is 14.0. The van der Waals surface area contributed by atoms with Crippen molar-refractivity contribution in [1.29, 1.82) is 5.26 Å². The second kappa shape index (κ2) is 6.61. The van der Waals surface area contributed by atoms with Crippen LogP contribution in [0.3, 0.4) is 0 Å². The van der Waals surface area contributed by atoms with E-state index in [0.717, 1.165) is 12.0 Å². The van der Waals surface area contributed by atoms with Crippen LogP contribution in [-0.4, -0.2) is 12.6 Å². The topological polar surface area (TPSA) is 50.1 Å². The lowest BCUT2D eigenvalue weighted by Crippen LogP contribution is -2.08. The normalized spacial score (nSPS) is 11.4. The number of esters is 1. The summed E-state index contributed by atoms with van der Waals surface area (Å²) in [5, 5.41) is 9.05. The molecule has 0 fully saturated rings. The number of carbonyl (C=O) groups is 1. The van der Waals surface area contributed by atoms with Gasteiger partial charge in [-0.2, -0.15) is 5.26 Å².